The van der Waals surface area contributed by atoms with E-state index >= 15 is 0 Å². The molecule has 0 bridgehead atoms. The zero-order valence-electron chi connectivity index (χ0n) is 16.8. The molecule has 1 aliphatic heterocycles. The van der Waals surface area contributed by atoms with Crippen LogP contribution in [0.4, 0.5) is 19.4 Å². The number of hydrogen-bond acceptors (Lipinski definition) is 8. The molecule has 13 heteroatoms. The van der Waals surface area contributed by atoms with Gasteiger partial charge in [-0.05, 0) is 12.1 Å². The monoisotopic (exact) mass is 451 g/mol. The van der Waals surface area contributed by atoms with Gasteiger partial charge in [-0.2, -0.15) is 10.2 Å². The maximum absolute atomic E-state index is 14.3. The van der Waals surface area contributed by atoms with Crippen molar-refractivity contribution in [2.45, 2.75) is 12.7 Å². The Morgan fingerprint density at radius 3 is 2.79 bits per heavy atom. The largest absolute Gasteiger partial charge is 0.364 e. The number of hydrogen-bond donors (Lipinski definition) is 2. The number of amides is 2. The van der Waals surface area contributed by atoms with Crippen molar-refractivity contribution in [1.82, 2.24) is 30.2 Å². The SMILES string of the molecule is O=C1N=NC(CNc2nc(-c3cc(-c4ccon4)n(Cc4ccccc4F)n3)ncc2F)N1. The Morgan fingerprint density at radius 1 is 1.15 bits per heavy atom. The van der Waals surface area contributed by atoms with E-state index in [0.717, 1.165) is 6.20 Å². The van der Waals surface area contributed by atoms with Gasteiger partial charge in [0.15, 0.2) is 23.6 Å². The minimum Gasteiger partial charge on any atom is -0.364 e. The molecule has 4 aromatic rings. The van der Waals surface area contributed by atoms with Crippen molar-refractivity contribution in [2.75, 3.05) is 11.9 Å². The van der Waals surface area contributed by atoms with Crippen LogP contribution in [0.5, 0.6) is 0 Å². The summed E-state index contributed by atoms with van der Waals surface area (Å²) in [5, 5.41) is 20.7. The first kappa shape index (κ1) is 20.4. The highest BCUT2D eigenvalue weighted by molar-refractivity contribution is 5.76. The molecule has 1 atom stereocenters. The number of halogens is 2. The van der Waals surface area contributed by atoms with Gasteiger partial charge >= 0.3 is 6.03 Å². The van der Waals surface area contributed by atoms with Gasteiger partial charge < -0.3 is 15.2 Å². The first-order valence-electron chi connectivity index (χ1n) is 9.77. The van der Waals surface area contributed by atoms with Crippen LogP contribution in [0.2, 0.25) is 0 Å². The molecule has 2 N–H and O–H groups in total. The van der Waals surface area contributed by atoms with E-state index in [1.54, 1.807) is 35.0 Å². The Hall–Kier alpha value is -4.55. The topological polar surface area (TPSA) is 135 Å². The van der Waals surface area contributed by atoms with Crippen LogP contribution in [0.1, 0.15) is 5.56 Å². The standard InChI is InChI=1S/C20H15F2N9O2/c21-12-4-2-1-3-11(12)10-31-16(14-5-6-33-30-14)7-15(29-31)19-23-8-13(22)18(26-19)24-9-17-25-20(32)28-27-17/h1-8,17H,9-10H2,(H,25,32)(H,23,24,26). The predicted molar refractivity (Wildman–Crippen MR) is 110 cm³/mol. The number of nitrogens with one attached hydrogen (secondary N) is 2. The zero-order valence-corrected chi connectivity index (χ0v) is 16.8. The van der Waals surface area contributed by atoms with E-state index in [2.05, 4.69) is 41.1 Å². The highest BCUT2D eigenvalue weighted by Crippen LogP contribution is 2.26. The molecule has 33 heavy (non-hydrogen) atoms. The maximum atomic E-state index is 14.3. The number of rotatable bonds is 7. The highest BCUT2D eigenvalue weighted by atomic mass is 19.1. The van der Waals surface area contributed by atoms with Crippen molar-refractivity contribution in [3.8, 4) is 22.9 Å². The molecule has 5 rings (SSSR count). The van der Waals surface area contributed by atoms with Gasteiger partial charge in [-0.15, -0.1) is 0 Å². The molecule has 3 aromatic heterocycles. The Labute approximate surface area is 184 Å². The molecule has 0 aliphatic carbocycles. The number of anilines is 1. The van der Waals surface area contributed by atoms with Crippen molar-refractivity contribution < 1.29 is 18.1 Å². The lowest BCUT2D eigenvalue weighted by molar-refractivity contribution is 0.250. The van der Waals surface area contributed by atoms with Crippen LogP contribution in [0.15, 0.2) is 63.6 Å². The lowest BCUT2D eigenvalue weighted by Gasteiger charge is -2.10. The second-order valence-corrected chi connectivity index (χ2v) is 7.00. The summed E-state index contributed by atoms with van der Waals surface area (Å²) >= 11 is 0. The highest BCUT2D eigenvalue weighted by Gasteiger charge is 2.20. The van der Waals surface area contributed by atoms with E-state index in [0.29, 0.717) is 22.6 Å². The van der Waals surface area contributed by atoms with Crippen LogP contribution in [0.25, 0.3) is 22.9 Å². The summed E-state index contributed by atoms with van der Waals surface area (Å²) in [6.45, 7) is 0.197. The third kappa shape index (κ3) is 4.28. The van der Waals surface area contributed by atoms with Crippen molar-refractivity contribution >= 4 is 11.8 Å². The van der Waals surface area contributed by atoms with Crippen molar-refractivity contribution in [1.29, 1.82) is 0 Å². The lowest BCUT2D eigenvalue weighted by atomic mass is 10.2. The molecule has 11 nitrogen and oxygen atoms in total. The molecule has 1 unspecified atom stereocenters. The van der Waals surface area contributed by atoms with Crippen molar-refractivity contribution in [3.63, 3.8) is 0 Å². The van der Waals surface area contributed by atoms with E-state index in [4.69, 9.17) is 4.52 Å². The number of carbonyl (C=O) groups is 1. The van der Waals surface area contributed by atoms with Gasteiger partial charge in [-0.3, -0.25) is 4.68 Å². The van der Waals surface area contributed by atoms with Crippen LogP contribution in [-0.4, -0.2) is 43.6 Å². The summed E-state index contributed by atoms with van der Waals surface area (Å²) in [5.74, 6) is -1.03. The van der Waals surface area contributed by atoms with Gasteiger partial charge in [-0.1, -0.05) is 28.5 Å². The zero-order chi connectivity index (χ0) is 22.8. The Balaban J connectivity index is 1.46. The predicted octanol–water partition coefficient (Wildman–Crippen LogP) is 3.24. The van der Waals surface area contributed by atoms with E-state index in [1.807, 2.05) is 0 Å². The number of benzene rings is 1. The number of aromatic nitrogens is 5. The fourth-order valence-corrected chi connectivity index (χ4v) is 3.21. The quantitative estimate of drug-likeness (QED) is 0.440. The van der Waals surface area contributed by atoms with Crippen LogP contribution >= 0.6 is 0 Å². The second-order valence-electron chi connectivity index (χ2n) is 7.00. The molecule has 4 heterocycles. The smallest absolute Gasteiger partial charge is 0.361 e. The maximum Gasteiger partial charge on any atom is 0.361 e. The van der Waals surface area contributed by atoms with Gasteiger partial charge in [0.25, 0.3) is 0 Å². The summed E-state index contributed by atoms with van der Waals surface area (Å²) in [7, 11) is 0. The van der Waals surface area contributed by atoms with E-state index in [9.17, 15) is 13.6 Å². The van der Waals surface area contributed by atoms with Gasteiger partial charge in [0.05, 0.1) is 25.0 Å². The van der Waals surface area contributed by atoms with Gasteiger partial charge in [0.2, 0.25) is 0 Å². The molecule has 2 amide bonds. The minimum absolute atomic E-state index is 0.0779. The average molecular weight is 451 g/mol. The lowest BCUT2D eigenvalue weighted by Crippen LogP contribution is -2.32. The summed E-state index contributed by atoms with van der Waals surface area (Å²) in [6, 6.07) is 9.08. The average Bonchev–Trinajstić information content (AvgIpc) is 3.56. The van der Waals surface area contributed by atoms with Crippen molar-refractivity contribution in [2.24, 2.45) is 10.2 Å². The third-order valence-electron chi connectivity index (χ3n) is 4.77. The van der Waals surface area contributed by atoms with Crippen molar-refractivity contribution in [3.05, 3.63) is 66.1 Å². The minimum atomic E-state index is -0.692. The third-order valence-corrected chi connectivity index (χ3v) is 4.77. The molecule has 0 fully saturated rings. The molecule has 1 aromatic carbocycles. The Kier molecular flexibility index (Phi) is 5.26. The Bertz CT molecular complexity index is 1340. The summed E-state index contributed by atoms with van der Waals surface area (Å²) in [5.41, 5.74) is 1.76. The summed E-state index contributed by atoms with van der Waals surface area (Å²) in [4.78, 5) is 19.3. The molecule has 166 valence electrons. The fraction of sp³-hybridized carbons (Fsp3) is 0.150. The van der Waals surface area contributed by atoms with Crippen LogP contribution in [0, 0.1) is 11.6 Å². The molecular formula is C20H15F2N9O2. The van der Waals surface area contributed by atoms with Gasteiger partial charge in [0, 0.05) is 11.6 Å². The number of nitrogens with zero attached hydrogens (tertiary/aromatic N) is 7. The molecule has 0 spiro atoms. The van der Waals surface area contributed by atoms with Crippen LogP contribution in [0.3, 0.4) is 0 Å². The fourth-order valence-electron chi connectivity index (χ4n) is 3.21. The van der Waals surface area contributed by atoms with E-state index in [-0.39, 0.29) is 30.5 Å². The van der Waals surface area contributed by atoms with Crippen LogP contribution in [-0.2, 0) is 6.54 Å². The van der Waals surface area contributed by atoms with Crippen LogP contribution < -0.4 is 10.6 Å². The normalized spacial score (nSPS) is 15.1. The molecule has 0 saturated heterocycles. The number of azo groups is 1. The molecule has 0 radical (unpaired) electrons. The molecular weight excluding hydrogens is 436 g/mol. The number of urea groups is 1. The Morgan fingerprint density at radius 2 is 2.03 bits per heavy atom. The molecule has 0 saturated carbocycles. The number of carbonyl (C=O) groups excluding carboxylic acids is 1. The van der Waals surface area contributed by atoms with Gasteiger partial charge in [0.1, 0.15) is 23.5 Å². The van der Waals surface area contributed by atoms with E-state index in [1.165, 1.54) is 12.3 Å². The summed E-state index contributed by atoms with van der Waals surface area (Å²) < 4.78 is 35.0. The van der Waals surface area contributed by atoms with E-state index < -0.39 is 18.0 Å². The van der Waals surface area contributed by atoms with Gasteiger partial charge in [-0.25, -0.2) is 23.5 Å². The molecule has 1 aliphatic rings. The second kappa shape index (κ2) is 8.53. The first-order valence-corrected chi connectivity index (χ1v) is 9.77. The first-order chi connectivity index (χ1) is 16.1. The summed E-state index contributed by atoms with van der Waals surface area (Å²) in [6.07, 6.45) is 1.78.